The number of carbonyl (C=O) groups excluding carboxylic acids is 1. The van der Waals surface area contributed by atoms with Crippen LogP contribution >= 0.6 is 15.9 Å². The number of carbonyl (C=O) groups is 1. The molecule has 0 N–H and O–H groups in total. The highest BCUT2D eigenvalue weighted by atomic mass is 79.9. The van der Waals surface area contributed by atoms with E-state index in [-0.39, 0.29) is 17.4 Å². The van der Waals surface area contributed by atoms with Crippen LogP contribution in [0.1, 0.15) is 15.9 Å². The fourth-order valence-electron chi connectivity index (χ4n) is 3.74. The predicted octanol–water partition coefficient (Wildman–Crippen LogP) is 7.97. The van der Waals surface area contributed by atoms with Crippen LogP contribution in [0.5, 0.6) is 11.5 Å². The molecular weight excluding hydrogens is 514 g/mol. The minimum atomic E-state index is -0.381. The molecule has 0 saturated carbocycles. The van der Waals surface area contributed by atoms with Crippen molar-refractivity contribution in [1.82, 2.24) is 0 Å². The number of ether oxygens (including phenoxy) is 2. The molecule has 0 heterocycles. The van der Waals surface area contributed by atoms with E-state index in [0.717, 1.165) is 21.2 Å². The molecule has 6 heteroatoms. The third-order valence-electron chi connectivity index (χ3n) is 5.50. The molecule has 0 spiro atoms. The zero-order valence-electron chi connectivity index (χ0n) is 19.0. The molecule has 0 bridgehead atoms. The molecule has 0 amide bonds. The lowest BCUT2D eigenvalue weighted by atomic mass is 9.91. The first-order valence-electron chi connectivity index (χ1n) is 10.7. The second-order valence-corrected chi connectivity index (χ2v) is 8.56. The maximum atomic E-state index is 13.6. The van der Waals surface area contributed by atoms with Crippen molar-refractivity contribution >= 4 is 27.8 Å². The minimum Gasteiger partial charge on any atom is -0.496 e. The van der Waals surface area contributed by atoms with E-state index in [2.05, 4.69) is 15.9 Å². The molecule has 0 fully saturated rings. The van der Waals surface area contributed by atoms with E-state index < -0.39 is 0 Å². The largest absolute Gasteiger partial charge is 0.496 e. The summed E-state index contributed by atoms with van der Waals surface area (Å²) in [5.74, 6) is 0.0374. The van der Waals surface area contributed by atoms with E-state index in [1.165, 1.54) is 37.5 Å². The van der Waals surface area contributed by atoms with E-state index in [4.69, 9.17) is 9.47 Å². The van der Waals surface area contributed by atoms with Crippen LogP contribution in [-0.2, 0) is 0 Å². The summed E-state index contributed by atoms with van der Waals surface area (Å²) in [6.07, 6.45) is 3.17. The Kier molecular flexibility index (Phi) is 7.42. The molecule has 4 rings (SSSR count). The van der Waals surface area contributed by atoms with Crippen molar-refractivity contribution in [2.45, 2.75) is 0 Å². The number of methoxy groups -OCH3 is 2. The van der Waals surface area contributed by atoms with E-state index >= 15 is 0 Å². The van der Waals surface area contributed by atoms with Gasteiger partial charge in [0.1, 0.15) is 23.1 Å². The van der Waals surface area contributed by atoms with Gasteiger partial charge in [-0.2, -0.15) is 0 Å². The lowest BCUT2D eigenvalue weighted by molar-refractivity contribution is 0.104. The molecule has 4 aromatic carbocycles. The van der Waals surface area contributed by atoms with Crippen LogP contribution in [-0.4, -0.2) is 20.0 Å². The summed E-state index contributed by atoms with van der Waals surface area (Å²) in [5.41, 5.74) is 3.86. The van der Waals surface area contributed by atoms with E-state index in [0.29, 0.717) is 28.2 Å². The molecule has 35 heavy (non-hydrogen) atoms. The Morgan fingerprint density at radius 2 is 1.34 bits per heavy atom. The van der Waals surface area contributed by atoms with Gasteiger partial charge in [-0.25, -0.2) is 8.78 Å². The molecule has 0 aliphatic rings. The summed E-state index contributed by atoms with van der Waals surface area (Å²) in [7, 11) is 3.07. The normalized spacial score (nSPS) is 11.0. The van der Waals surface area contributed by atoms with E-state index in [1.807, 2.05) is 18.2 Å². The first-order valence-corrected chi connectivity index (χ1v) is 11.5. The monoisotopic (exact) mass is 534 g/mol. The quantitative estimate of drug-likeness (QED) is 0.178. The van der Waals surface area contributed by atoms with Gasteiger partial charge in [0.25, 0.3) is 0 Å². The van der Waals surface area contributed by atoms with E-state index in [1.54, 1.807) is 49.6 Å². The second kappa shape index (κ2) is 10.7. The SMILES string of the molecule is COc1ccc(/C=C/C(=O)c2c(OC)cc(-c3ccc(F)cc3)cc2-c2ccc(F)cc2)cc1Br. The number of halogens is 3. The topological polar surface area (TPSA) is 35.5 Å². The van der Waals surface area contributed by atoms with Crippen LogP contribution in [0.25, 0.3) is 28.3 Å². The van der Waals surface area contributed by atoms with Crippen LogP contribution in [0.2, 0.25) is 0 Å². The van der Waals surface area contributed by atoms with Gasteiger partial charge >= 0.3 is 0 Å². The third kappa shape index (κ3) is 5.49. The van der Waals surface area contributed by atoms with Gasteiger partial charge in [-0.1, -0.05) is 36.4 Å². The van der Waals surface area contributed by atoms with Gasteiger partial charge in [0.05, 0.1) is 24.3 Å². The standard InChI is InChI=1S/C29H21BrF2O3/c1-34-27-14-4-18(15-25(27)30)3-13-26(33)29-24(20-7-11-23(32)12-8-20)16-21(17-28(29)35-2)19-5-9-22(31)10-6-19/h3-17H,1-2H3/b13-3+. The molecule has 0 aliphatic heterocycles. The minimum absolute atomic E-state index is 0.279. The van der Waals surface area contributed by atoms with Gasteiger partial charge in [-0.15, -0.1) is 0 Å². The van der Waals surface area contributed by atoms with Crippen molar-refractivity contribution in [2.24, 2.45) is 0 Å². The molecule has 0 aromatic heterocycles. The first-order chi connectivity index (χ1) is 16.9. The Hall–Kier alpha value is -3.77. The van der Waals surface area contributed by atoms with Crippen molar-refractivity contribution in [3.05, 3.63) is 112 Å². The number of rotatable bonds is 7. The molecule has 0 radical (unpaired) electrons. The summed E-state index contributed by atoms with van der Waals surface area (Å²) in [6.45, 7) is 0. The third-order valence-corrected chi connectivity index (χ3v) is 6.12. The van der Waals surface area contributed by atoms with Gasteiger partial charge in [-0.05, 0) is 98.4 Å². The number of ketones is 1. The summed E-state index contributed by atoms with van der Waals surface area (Å²) < 4.78 is 38.7. The Balaban J connectivity index is 1.82. The van der Waals surface area contributed by atoms with Crippen LogP contribution in [0.3, 0.4) is 0 Å². The maximum absolute atomic E-state index is 13.6. The van der Waals surface area contributed by atoms with Crippen molar-refractivity contribution in [3.63, 3.8) is 0 Å². The second-order valence-electron chi connectivity index (χ2n) is 7.71. The number of benzene rings is 4. The number of hydrogen-bond acceptors (Lipinski definition) is 3. The van der Waals surface area contributed by atoms with Gasteiger partial charge in [0.2, 0.25) is 0 Å². The molecule has 0 atom stereocenters. The predicted molar refractivity (Wildman–Crippen MR) is 138 cm³/mol. The highest BCUT2D eigenvalue weighted by Gasteiger charge is 2.19. The lowest BCUT2D eigenvalue weighted by Gasteiger charge is -2.15. The van der Waals surface area contributed by atoms with Crippen LogP contribution in [0, 0.1) is 11.6 Å². The van der Waals surface area contributed by atoms with Crippen molar-refractivity contribution in [3.8, 4) is 33.8 Å². The van der Waals surface area contributed by atoms with Gasteiger partial charge in [-0.3, -0.25) is 4.79 Å². The Morgan fingerprint density at radius 3 is 1.91 bits per heavy atom. The molecular formula is C29H21BrF2O3. The molecule has 3 nitrogen and oxygen atoms in total. The first kappa shape index (κ1) is 24.4. The summed E-state index contributed by atoms with van der Waals surface area (Å²) in [6, 6.07) is 21.0. The number of hydrogen-bond donors (Lipinski definition) is 0. The average molecular weight is 535 g/mol. The van der Waals surface area contributed by atoms with Crippen molar-refractivity contribution < 1.29 is 23.0 Å². The van der Waals surface area contributed by atoms with Crippen LogP contribution < -0.4 is 9.47 Å². The Morgan fingerprint density at radius 1 is 0.743 bits per heavy atom. The molecule has 176 valence electrons. The van der Waals surface area contributed by atoms with Crippen molar-refractivity contribution in [2.75, 3.05) is 14.2 Å². The van der Waals surface area contributed by atoms with Crippen molar-refractivity contribution in [1.29, 1.82) is 0 Å². The van der Waals surface area contributed by atoms with Gasteiger partial charge in [0.15, 0.2) is 5.78 Å². The molecule has 0 unspecified atom stereocenters. The summed E-state index contributed by atoms with van der Waals surface area (Å²) >= 11 is 3.45. The van der Waals surface area contributed by atoms with Crippen LogP contribution in [0.15, 0.2) is 89.4 Å². The zero-order chi connectivity index (χ0) is 24.9. The molecule has 0 saturated heterocycles. The molecule has 0 aliphatic carbocycles. The number of allylic oxidation sites excluding steroid dienone is 1. The average Bonchev–Trinajstić information content (AvgIpc) is 2.87. The summed E-state index contributed by atoms with van der Waals surface area (Å²) in [5, 5.41) is 0. The fourth-order valence-corrected chi connectivity index (χ4v) is 4.30. The van der Waals surface area contributed by atoms with Gasteiger partial charge in [0, 0.05) is 0 Å². The Bertz CT molecular complexity index is 1400. The lowest BCUT2D eigenvalue weighted by Crippen LogP contribution is -2.03. The molecule has 4 aromatic rings. The smallest absolute Gasteiger partial charge is 0.190 e. The zero-order valence-corrected chi connectivity index (χ0v) is 20.6. The maximum Gasteiger partial charge on any atom is 0.190 e. The summed E-state index contributed by atoms with van der Waals surface area (Å²) in [4.78, 5) is 13.4. The van der Waals surface area contributed by atoms with Gasteiger partial charge < -0.3 is 9.47 Å². The van der Waals surface area contributed by atoms with Crippen LogP contribution in [0.4, 0.5) is 8.78 Å². The Labute approximate surface area is 210 Å². The van der Waals surface area contributed by atoms with E-state index in [9.17, 15) is 13.6 Å². The highest BCUT2D eigenvalue weighted by molar-refractivity contribution is 9.10. The fraction of sp³-hybridized carbons (Fsp3) is 0.0690. The highest BCUT2D eigenvalue weighted by Crippen LogP contribution is 2.37.